The largest absolute Gasteiger partial charge is 0.327 e. The summed E-state index contributed by atoms with van der Waals surface area (Å²) in [5, 5.41) is 1.83. The number of aromatic amines is 1. The zero-order valence-electron chi connectivity index (χ0n) is 13.1. The quantitative estimate of drug-likeness (QED) is 0.750. The first-order valence-corrected chi connectivity index (χ1v) is 7.97. The summed E-state index contributed by atoms with van der Waals surface area (Å²) in [7, 11) is 1.80. The van der Waals surface area contributed by atoms with Crippen LogP contribution in [0.15, 0.2) is 39.8 Å². The summed E-state index contributed by atoms with van der Waals surface area (Å²) in [6, 6.07) is 1.67. The Morgan fingerprint density at radius 3 is 2.75 bits per heavy atom. The van der Waals surface area contributed by atoms with Crippen molar-refractivity contribution in [1.29, 1.82) is 0 Å². The van der Waals surface area contributed by atoms with Gasteiger partial charge in [-0.15, -0.1) is 11.3 Å². The molecule has 3 heterocycles. The van der Waals surface area contributed by atoms with Gasteiger partial charge in [-0.2, -0.15) is 4.99 Å². The molecule has 3 aromatic heterocycles. The first-order valence-electron chi connectivity index (χ1n) is 7.09. The van der Waals surface area contributed by atoms with Crippen molar-refractivity contribution in [2.24, 2.45) is 12.0 Å². The molecule has 0 radical (unpaired) electrons. The van der Waals surface area contributed by atoms with Crippen LogP contribution >= 0.6 is 11.3 Å². The molecule has 3 aromatic rings. The number of carbonyl (C=O) groups excluding carboxylic acids is 1. The third-order valence-corrected chi connectivity index (χ3v) is 4.16. The van der Waals surface area contributed by atoms with Crippen LogP contribution in [0, 0.1) is 6.92 Å². The molecule has 9 heteroatoms. The molecule has 122 valence electrons. The molecular formula is C15H14N6O2S. The lowest BCUT2D eigenvalue weighted by Gasteiger charge is -2.04. The number of nitrogens with zero attached hydrogens (tertiary/aromatic N) is 5. The van der Waals surface area contributed by atoms with Gasteiger partial charge < -0.3 is 9.55 Å². The number of H-pyrrole nitrogens is 1. The monoisotopic (exact) mass is 342 g/mol. The number of amides is 1. The summed E-state index contributed by atoms with van der Waals surface area (Å²) in [6.07, 6.45) is 4.83. The lowest BCUT2D eigenvalue weighted by Crippen LogP contribution is -2.21. The first kappa shape index (κ1) is 15.9. The van der Waals surface area contributed by atoms with Crippen LogP contribution in [0.3, 0.4) is 0 Å². The van der Waals surface area contributed by atoms with Gasteiger partial charge in [0.05, 0.1) is 6.42 Å². The highest BCUT2D eigenvalue weighted by molar-refractivity contribution is 7.07. The number of nitrogens with one attached hydrogen (secondary N) is 1. The van der Waals surface area contributed by atoms with Gasteiger partial charge in [-0.3, -0.25) is 9.59 Å². The number of hydrogen-bond acceptors (Lipinski definition) is 6. The molecule has 0 bridgehead atoms. The summed E-state index contributed by atoms with van der Waals surface area (Å²) >= 11 is 1.35. The summed E-state index contributed by atoms with van der Waals surface area (Å²) in [5.41, 5.74) is 0.368. The van der Waals surface area contributed by atoms with E-state index in [-0.39, 0.29) is 17.8 Å². The van der Waals surface area contributed by atoms with Gasteiger partial charge in [0.2, 0.25) is 0 Å². The van der Waals surface area contributed by atoms with Gasteiger partial charge in [-0.1, -0.05) is 0 Å². The van der Waals surface area contributed by atoms with Crippen LogP contribution in [0.4, 0.5) is 0 Å². The second-order valence-corrected chi connectivity index (χ2v) is 5.90. The maximum Gasteiger partial charge on any atom is 0.255 e. The average Bonchev–Trinajstić information content (AvgIpc) is 2.96. The van der Waals surface area contributed by atoms with Crippen LogP contribution in [-0.2, 0) is 18.3 Å². The van der Waals surface area contributed by atoms with E-state index >= 15 is 0 Å². The molecular weight excluding hydrogens is 328 g/mol. The second-order valence-electron chi connectivity index (χ2n) is 5.03. The topological polar surface area (TPSA) is 106 Å². The van der Waals surface area contributed by atoms with Crippen LogP contribution in [0.5, 0.6) is 0 Å². The van der Waals surface area contributed by atoms with E-state index in [9.17, 15) is 9.59 Å². The maximum atomic E-state index is 12.3. The van der Waals surface area contributed by atoms with E-state index in [4.69, 9.17) is 0 Å². The molecule has 0 saturated carbocycles. The van der Waals surface area contributed by atoms with Gasteiger partial charge in [0.1, 0.15) is 0 Å². The number of thiazole rings is 1. The van der Waals surface area contributed by atoms with Crippen molar-refractivity contribution in [3.05, 3.63) is 56.4 Å². The number of hydrogen-bond donors (Lipinski definition) is 1. The van der Waals surface area contributed by atoms with Crippen molar-refractivity contribution < 1.29 is 4.79 Å². The Kier molecular flexibility index (Phi) is 4.43. The molecule has 0 aliphatic carbocycles. The minimum absolute atomic E-state index is 0.109. The van der Waals surface area contributed by atoms with Crippen molar-refractivity contribution in [1.82, 2.24) is 24.5 Å². The molecule has 0 atom stereocenters. The lowest BCUT2D eigenvalue weighted by atomic mass is 10.1. The molecule has 0 aliphatic heterocycles. The van der Waals surface area contributed by atoms with Crippen molar-refractivity contribution in [2.45, 2.75) is 13.3 Å². The zero-order valence-corrected chi connectivity index (χ0v) is 13.9. The molecule has 24 heavy (non-hydrogen) atoms. The Balaban J connectivity index is 1.91. The average molecular weight is 342 g/mol. The van der Waals surface area contributed by atoms with Crippen molar-refractivity contribution in [3.63, 3.8) is 0 Å². The van der Waals surface area contributed by atoms with E-state index in [1.54, 1.807) is 37.0 Å². The Bertz CT molecular complexity index is 1000. The van der Waals surface area contributed by atoms with E-state index in [0.717, 1.165) is 0 Å². The van der Waals surface area contributed by atoms with Gasteiger partial charge in [-0.05, 0) is 13.0 Å². The summed E-state index contributed by atoms with van der Waals surface area (Å²) in [4.78, 5) is 44.0. The number of carbonyl (C=O) groups is 1. The van der Waals surface area contributed by atoms with Crippen LogP contribution < -0.4 is 10.4 Å². The van der Waals surface area contributed by atoms with E-state index in [1.807, 2.05) is 11.6 Å². The molecule has 8 nitrogen and oxygen atoms in total. The highest BCUT2D eigenvalue weighted by Crippen LogP contribution is 2.09. The number of rotatable bonds is 3. The number of aryl methyl sites for hydroxylation is 2. The Morgan fingerprint density at radius 1 is 1.38 bits per heavy atom. The van der Waals surface area contributed by atoms with Gasteiger partial charge in [0.15, 0.2) is 16.5 Å². The normalized spacial score (nSPS) is 11.7. The molecule has 0 aliphatic rings. The predicted molar refractivity (Wildman–Crippen MR) is 88.2 cm³/mol. The lowest BCUT2D eigenvalue weighted by molar-refractivity contribution is -0.117. The molecule has 1 amide bonds. The smallest absolute Gasteiger partial charge is 0.255 e. The molecule has 0 unspecified atom stereocenters. The molecule has 3 rings (SSSR count). The first-order chi connectivity index (χ1) is 11.5. The fourth-order valence-electron chi connectivity index (χ4n) is 2.08. The molecule has 0 aromatic carbocycles. The van der Waals surface area contributed by atoms with Crippen molar-refractivity contribution in [2.75, 3.05) is 0 Å². The molecule has 0 saturated heterocycles. The SMILES string of the molecule is Cc1nc(-c2ncccn2)[nH]c(=O)c1CC(=O)N=c1sccn1C. The van der Waals surface area contributed by atoms with E-state index in [2.05, 4.69) is 24.9 Å². The summed E-state index contributed by atoms with van der Waals surface area (Å²) in [5.74, 6) is 0.203. The van der Waals surface area contributed by atoms with Gasteiger partial charge in [0, 0.05) is 42.3 Å². The minimum atomic E-state index is -0.396. The van der Waals surface area contributed by atoms with E-state index in [1.165, 1.54) is 11.3 Å². The van der Waals surface area contributed by atoms with Crippen LogP contribution in [0.1, 0.15) is 11.3 Å². The molecule has 0 fully saturated rings. The summed E-state index contributed by atoms with van der Waals surface area (Å²) in [6.45, 7) is 1.68. The van der Waals surface area contributed by atoms with E-state index in [0.29, 0.717) is 21.9 Å². The fraction of sp³-hybridized carbons (Fsp3) is 0.200. The zero-order chi connectivity index (χ0) is 17.1. The van der Waals surface area contributed by atoms with Gasteiger partial charge >= 0.3 is 0 Å². The third kappa shape index (κ3) is 3.35. The van der Waals surface area contributed by atoms with E-state index < -0.39 is 5.91 Å². The predicted octanol–water partition coefficient (Wildman–Crippen LogP) is 0.605. The molecule has 1 N–H and O–H groups in total. The second kappa shape index (κ2) is 6.67. The molecule has 0 spiro atoms. The van der Waals surface area contributed by atoms with Gasteiger partial charge in [0.25, 0.3) is 11.5 Å². The highest BCUT2D eigenvalue weighted by atomic mass is 32.1. The Hall–Kier alpha value is -2.94. The maximum absolute atomic E-state index is 12.3. The Morgan fingerprint density at radius 2 is 2.12 bits per heavy atom. The van der Waals surface area contributed by atoms with Crippen LogP contribution in [0.25, 0.3) is 11.6 Å². The summed E-state index contributed by atoms with van der Waals surface area (Å²) < 4.78 is 1.74. The minimum Gasteiger partial charge on any atom is -0.327 e. The van der Waals surface area contributed by atoms with Crippen molar-refractivity contribution in [3.8, 4) is 11.6 Å². The highest BCUT2D eigenvalue weighted by Gasteiger charge is 2.14. The van der Waals surface area contributed by atoms with Crippen LogP contribution in [-0.4, -0.2) is 30.4 Å². The standard InChI is InChI=1S/C15H14N6O2S/c1-9-10(8-11(22)19-15-21(2)6-7-24-15)14(23)20-13(18-9)12-16-4-3-5-17-12/h3-7H,8H2,1-2H3,(H,18,20,23). The fourth-order valence-corrected chi connectivity index (χ4v) is 2.82. The number of aromatic nitrogens is 5. The Labute approximate surface area is 140 Å². The van der Waals surface area contributed by atoms with Crippen LogP contribution in [0.2, 0.25) is 0 Å². The third-order valence-electron chi connectivity index (χ3n) is 3.31. The van der Waals surface area contributed by atoms with Gasteiger partial charge in [-0.25, -0.2) is 15.0 Å². The van der Waals surface area contributed by atoms with Crippen molar-refractivity contribution >= 4 is 17.2 Å².